The van der Waals surface area contributed by atoms with Crippen molar-refractivity contribution in [2.75, 3.05) is 26.5 Å². The number of methoxy groups -OCH3 is 2. The third-order valence-electron chi connectivity index (χ3n) is 3.84. The zero-order chi connectivity index (χ0) is 17.8. The molecule has 1 aliphatic rings. The Hall–Kier alpha value is -1.99. The van der Waals surface area contributed by atoms with Crippen molar-refractivity contribution >= 4 is 35.1 Å². The molecule has 2 aromatic rings. The zero-order valence-electron chi connectivity index (χ0n) is 14.4. The number of rotatable bonds is 5. The van der Waals surface area contributed by atoms with Gasteiger partial charge in [0.1, 0.15) is 0 Å². The van der Waals surface area contributed by atoms with Crippen LogP contribution in [-0.2, 0) is 11.2 Å². The van der Waals surface area contributed by atoms with Gasteiger partial charge < -0.3 is 14.4 Å². The van der Waals surface area contributed by atoms with Crippen molar-refractivity contribution in [2.45, 2.75) is 13.3 Å². The van der Waals surface area contributed by atoms with E-state index in [-0.39, 0.29) is 5.91 Å². The van der Waals surface area contributed by atoms with Crippen LogP contribution in [0, 0.1) is 6.92 Å². The number of nitrogens with zero attached hydrogens (tertiary/aromatic N) is 2. The highest BCUT2D eigenvalue weighted by Gasteiger charge is 2.24. The average Bonchev–Trinajstić information content (AvgIpc) is 3.24. The van der Waals surface area contributed by atoms with Gasteiger partial charge in [-0.05, 0) is 30.7 Å². The van der Waals surface area contributed by atoms with Crippen molar-refractivity contribution in [1.82, 2.24) is 9.88 Å². The van der Waals surface area contributed by atoms with E-state index in [4.69, 9.17) is 9.47 Å². The van der Waals surface area contributed by atoms with E-state index in [9.17, 15) is 4.79 Å². The number of amides is 1. The van der Waals surface area contributed by atoms with E-state index < -0.39 is 0 Å². The van der Waals surface area contributed by atoms with Crippen LogP contribution in [0.25, 0.3) is 6.08 Å². The first-order chi connectivity index (χ1) is 12.1. The van der Waals surface area contributed by atoms with Crippen LogP contribution in [0.2, 0.25) is 0 Å². The summed E-state index contributed by atoms with van der Waals surface area (Å²) in [5, 5.41) is 4.01. The Morgan fingerprint density at radius 1 is 1.32 bits per heavy atom. The molecule has 1 saturated heterocycles. The predicted octanol–water partition coefficient (Wildman–Crippen LogP) is 3.59. The summed E-state index contributed by atoms with van der Waals surface area (Å²) in [6.07, 6.45) is 2.32. The van der Waals surface area contributed by atoms with Gasteiger partial charge in [-0.2, -0.15) is 0 Å². The standard InChI is InChI=1S/C18H20N2O3S2/c1-12-19-14(11-25-12)10-18-20(6-7-24-18)17(21)9-13-4-5-15(22-2)16(8-13)23-3/h4-5,8,10-11H,6-7,9H2,1-3H3/b18-10+. The average molecular weight is 377 g/mol. The van der Waals surface area contributed by atoms with E-state index in [0.717, 1.165) is 33.6 Å². The first-order valence-corrected chi connectivity index (χ1v) is 9.75. The first-order valence-electron chi connectivity index (χ1n) is 7.88. The lowest BCUT2D eigenvalue weighted by molar-refractivity contribution is -0.127. The number of carbonyl (C=O) groups is 1. The van der Waals surface area contributed by atoms with Crippen LogP contribution >= 0.6 is 23.1 Å². The van der Waals surface area contributed by atoms with E-state index in [2.05, 4.69) is 4.98 Å². The normalized spacial score (nSPS) is 15.6. The largest absolute Gasteiger partial charge is 0.493 e. The molecule has 1 aliphatic heterocycles. The second-order valence-electron chi connectivity index (χ2n) is 5.53. The maximum absolute atomic E-state index is 12.8. The summed E-state index contributed by atoms with van der Waals surface area (Å²) in [5.74, 6) is 2.29. The lowest BCUT2D eigenvalue weighted by atomic mass is 10.1. The van der Waals surface area contributed by atoms with Crippen molar-refractivity contribution in [1.29, 1.82) is 0 Å². The summed E-state index contributed by atoms with van der Waals surface area (Å²) >= 11 is 3.31. The van der Waals surface area contributed by atoms with Crippen LogP contribution in [0.15, 0.2) is 28.6 Å². The van der Waals surface area contributed by atoms with Crippen LogP contribution in [-0.4, -0.2) is 42.3 Å². The third-order valence-corrected chi connectivity index (χ3v) is 5.66. The Morgan fingerprint density at radius 3 is 2.80 bits per heavy atom. The lowest BCUT2D eigenvalue weighted by Crippen LogP contribution is -2.28. The molecule has 132 valence electrons. The topological polar surface area (TPSA) is 51.7 Å². The minimum atomic E-state index is 0.0791. The number of hydrogen-bond donors (Lipinski definition) is 0. The summed E-state index contributed by atoms with van der Waals surface area (Å²) in [5.41, 5.74) is 1.82. The molecule has 25 heavy (non-hydrogen) atoms. The maximum atomic E-state index is 12.8. The molecule has 1 aromatic carbocycles. The highest BCUT2D eigenvalue weighted by atomic mass is 32.2. The molecular formula is C18H20N2O3S2. The second-order valence-corrected chi connectivity index (χ2v) is 7.71. The van der Waals surface area contributed by atoms with Crippen molar-refractivity contribution in [3.63, 3.8) is 0 Å². The third kappa shape index (κ3) is 4.16. The molecule has 5 nitrogen and oxygen atoms in total. The van der Waals surface area contributed by atoms with Gasteiger partial charge in [0.2, 0.25) is 5.91 Å². The fourth-order valence-electron chi connectivity index (χ4n) is 2.63. The first kappa shape index (κ1) is 17.8. The SMILES string of the molecule is COc1ccc(CC(=O)N2CCS/C2=C/c2csc(C)n2)cc1OC. The molecule has 0 N–H and O–H groups in total. The summed E-state index contributed by atoms with van der Waals surface area (Å²) in [6, 6.07) is 5.58. The molecule has 0 atom stereocenters. The number of aryl methyl sites for hydroxylation is 1. The molecule has 0 aliphatic carbocycles. The number of ether oxygens (including phenoxy) is 2. The quantitative estimate of drug-likeness (QED) is 0.798. The highest BCUT2D eigenvalue weighted by Crippen LogP contribution is 2.32. The van der Waals surface area contributed by atoms with Crippen molar-refractivity contribution < 1.29 is 14.3 Å². The second kappa shape index (κ2) is 7.93. The monoisotopic (exact) mass is 376 g/mol. The van der Waals surface area contributed by atoms with Crippen LogP contribution in [0.3, 0.4) is 0 Å². The lowest BCUT2D eigenvalue weighted by Gasteiger charge is -2.17. The number of thioether (sulfide) groups is 1. The summed E-state index contributed by atoms with van der Waals surface area (Å²) in [6.45, 7) is 2.71. The highest BCUT2D eigenvalue weighted by molar-refractivity contribution is 8.03. The fraction of sp³-hybridized carbons (Fsp3) is 0.333. The molecule has 2 heterocycles. The molecule has 7 heteroatoms. The molecule has 0 radical (unpaired) electrons. The predicted molar refractivity (Wildman–Crippen MR) is 102 cm³/mol. The zero-order valence-corrected chi connectivity index (χ0v) is 16.1. The Labute approximate surface area is 155 Å². The molecule has 0 saturated carbocycles. The molecule has 1 aromatic heterocycles. The van der Waals surface area contributed by atoms with Gasteiger partial charge >= 0.3 is 0 Å². The van der Waals surface area contributed by atoms with Gasteiger partial charge in [-0.1, -0.05) is 6.07 Å². The van der Waals surface area contributed by atoms with Crippen molar-refractivity contribution in [3.8, 4) is 11.5 Å². The molecule has 0 unspecified atom stereocenters. The van der Waals surface area contributed by atoms with Gasteiger partial charge in [-0.25, -0.2) is 4.98 Å². The van der Waals surface area contributed by atoms with Crippen molar-refractivity contribution in [2.24, 2.45) is 0 Å². The number of aromatic nitrogens is 1. The number of carbonyl (C=O) groups excluding carboxylic acids is 1. The number of thiazole rings is 1. The van der Waals surface area contributed by atoms with Gasteiger partial charge in [0.25, 0.3) is 0 Å². The van der Waals surface area contributed by atoms with E-state index >= 15 is 0 Å². The Balaban J connectivity index is 1.75. The molecule has 0 bridgehead atoms. The molecular weight excluding hydrogens is 356 g/mol. The number of hydrogen-bond acceptors (Lipinski definition) is 6. The summed E-state index contributed by atoms with van der Waals surface area (Å²) in [4.78, 5) is 19.1. The van der Waals surface area contributed by atoms with Crippen LogP contribution in [0.1, 0.15) is 16.3 Å². The van der Waals surface area contributed by atoms with E-state index in [1.54, 1.807) is 37.3 Å². The van der Waals surface area contributed by atoms with Crippen LogP contribution in [0.5, 0.6) is 11.5 Å². The number of benzene rings is 1. The van der Waals surface area contributed by atoms with Crippen molar-refractivity contribution in [3.05, 3.63) is 44.9 Å². The van der Waals surface area contributed by atoms with Gasteiger partial charge in [-0.3, -0.25) is 4.79 Å². The van der Waals surface area contributed by atoms with Gasteiger partial charge in [-0.15, -0.1) is 23.1 Å². The fourth-order valence-corrected chi connectivity index (χ4v) is 4.24. The summed E-state index contributed by atoms with van der Waals surface area (Å²) < 4.78 is 10.6. The minimum Gasteiger partial charge on any atom is -0.493 e. The van der Waals surface area contributed by atoms with Crippen LogP contribution < -0.4 is 9.47 Å². The van der Waals surface area contributed by atoms with E-state index in [0.29, 0.717) is 17.9 Å². The smallest absolute Gasteiger partial charge is 0.231 e. The molecule has 1 fully saturated rings. The molecule has 0 spiro atoms. The maximum Gasteiger partial charge on any atom is 0.231 e. The minimum absolute atomic E-state index is 0.0791. The Bertz CT molecular complexity index is 801. The Morgan fingerprint density at radius 2 is 2.12 bits per heavy atom. The molecule has 1 amide bonds. The molecule has 3 rings (SSSR count). The Kier molecular flexibility index (Phi) is 5.65. The van der Waals surface area contributed by atoms with E-state index in [1.165, 1.54) is 0 Å². The summed E-state index contributed by atoms with van der Waals surface area (Å²) in [7, 11) is 3.19. The van der Waals surface area contributed by atoms with Gasteiger partial charge in [0.15, 0.2) is 11.5 Å². The van der Waals surface area contributed by atoms with Gasteiger partial charge in [0.05, 0.1) is 36.4 Å². The van der Waals surface area contributed by atoms with Gasteiger partial charge in [0, 0.05) is 17.7 Å². The van der Waals surface area contributed by atoms with E-state index in [1.807, 2.05) is 41.5 Å². The van der Waals surface area contributed by atoms with Crippen LogP contribution in [0.4, 0.5) is 0 Å².